The van der Waals surface area contributed by atoms with E-state index in [4.69, 9.17) is 107 Å². The third-order valence-electron chi connectivity index (χ3n) is 21.6. The van der Waals surface area contributed by atoms with Crippen molar-refractivity contribution < 1.29 is 44.2 Å². The van der Waals surface area contributed by atoms with Crippen LogP contribution in [-0.4, -0.2) is 52.2 Å². The summed E-state index contributed by atoms with van der Waals surface area (Å²) in [6.45, 7) is 23.8. The fourth-order valence-corrected chi connectivity index (χ4v) is 16.6. The molecule has 120 heavy (non-hydrogen) atoms. The number of halogens is 8. The number of benzene rings is 8. The summed E-state index contributed by atoms with van der Waals surface area (Å²) in [5.74, 6) is 1.03. The number of rotatable bonds is 50. The van der Waals surface area contributed by atoms with E-state index in [2.05, 4.69) is 118 Å². The van der Waals surface area contributed by atoms with Gasteiger partial charge in [-0.1, -0.05) is 390 Å². The van der Waals surface area contributed by atoms with Gasteiger partial charge in [-0.25, -0.2) is 9.59 Å². The summed E-state index contributed by atoms with van der Waals surface area (Å²) in [6, 6.07) is 40.5. The number of ether oxygens (including phenoxy) is 3. The number of hydrogen-bond acceptors (Lipinski definition) is 9. The zero-order valence-electron chi connectivity index (χ0n) is 73.5. The van der Waals surface area contributed by atoms with Gasteiger partial charge >= 0.3 is 11.9 Å². The Balaban J connectivity index is 0.000000288. The minimum atomic E-state index is -0.466. The van der Waals surface area contributed by atoms with Gasteiger partial charge in [-0.15, -0.1) is 0 Å². The number of carbonyl (C=O) groups excluding carboxylic acids is 2. The first kappa shape index (κ1) is 105. The molecule has 0 saturated carbocycles. The number of aryl methyl sites for hydroxylation is 1. The van der Waals surface area contributed by atoms with Crippen LogP contribution in [0.25, 0.3) is 0 Å². The molecule has 0 fully saturated rings. The molecule has 9 nitrogen and oxygen atoms in total. The summed E-state index contributed by atoms with van der Waals surface area (Å²) in [5.41, 5.74) is 14.3. The van der Waals surface area contributed by atoms with Crippen LogP contribution in [0.15, 0.2) is 127 Å². The zero-order valence-corrected chi connectivity index (χ0v) is 79.5. The van der Waals surface area contributed by atoms with Crippen LogP contribution >= 0.6 is 92.8 Å². The molecule has 8 aromatic rings. The Morgan fingerprint density at radius 2 is 0.542 bits per heavy atom. The van der Waals surface area contributed by atoms with E-state index in [1.54, 1.807) is 48.5 Å². The molecule has 8 rings (SSSR count). The standard InChI is InChI=1S/C31H42Cl2O5.C25H34Cl2O2.C25H34Cl2O.C22H28Cl2O/c1-3-5-7-9-11-13-15-37-30(35)25-18-23(17-24-20-27(32)29(34)28(33)21-24)19-26(22-25)31(36)38-16-14-12-10-8-6-4-2;1-2-3-4-5-6-7-8-9-10-11-16-29-22-14-12-20(13-15-22)17-21-18-23(26)25(28)24(27)19-21;1-2-3-4-5-6-7-8-9-10-11-12-20-13-15-21(16-14-20)17-22-18-23(26)25(28)24(27)19-22;1-12(2)16-10-17(13(3)4)19(18(11-16)14(5)6)7-15-8-20(23)22(25)21(24)9-15/h18-22,34H,3-17H2,1-2H3;12-15,18-19,28H,2-11,16-17H2,1H3;13-16,18-19,28H,2-12,17H2,1H3;8-14,25H,7H2,1-6H3. The molecule has 0 saturated heterocycles. The molecule has 0 radical (unpaired) electrons. The SMILES string of the molecule is CC(C)c1cc(C(C)C)c(Cc2cc(Cl)c(O)c(Cl)c2)c(C(C)C)c1.CCCCCCCCCCCCOc1ccc(Cc2cc(Cl)c(O)c(Cl)c2)cc1.CCCCCCCCCCCCc1ccc(Cc2cc(Cl)c(O)c(Cl)c2)cc1.CCCCCCCCOC(=O)c1cc(Cc2cc(Cl)c(O)c(Cl)c2)cc(C(=O)OCCCCCCCC)c1. The van der Waals surface area contributed by atoms with Crippen LogP contribution in [-0.2, 0) is 41.6 Å². The monoisotopic (exact) mass is 1800 g/mol. The molecular formula is C103H138Cl8O9. The Labute approximate surface area is 761 Å². The van der Waals surface area contributed by atoms with Gasteiger partial charge < -0.3 is 34.6 Å². The van der Waals surface area contributed by atoms with Crippen LogP contribution in [0.2, 0.25) is 40.2 Å². The number of phenols is 4. The van der Waals surface area contributed by atoms with E-state index >= 15 is 0 Å². The van der Waals surface area contributed by atoms with Gasteiger partial charge in [0.25, 0.3) is 0 Å². The van der Waals surface area contributed by atoms with Crippen molar-refractivity contribution in [3.8, 4) is 28.7 Å². The van der Waals surface area contributed by atoms with Gasteiger partial charge in [0.1, 0.15) is 5.75 Å². The van der Waals surface area contributed by atoms with Gasteiger partial charge in [-0.2, -0.15) is 0 Å². The molecule has 0 aromatic heterocycles. The van der Waals surface area contributed by atoms with Crippen LogP contribution < -0.4 is 4.74 Å². The van der Waals surface area contributed by atoms with Crippen molar-refractivity contribution in [1.29, 1.82) is 0 Å². The minimum Gasteiger partial charge on any atom is -0.505 e. The first-order chi connectivity index (χ1) is 57.7. The zero-order chi connectivity index (χ0) is 87.7. The number of aromatic hydroxyl groups is 4. The van der Waals surface area contributed by atoms with Crippen molar-refractivity contribution in [3.05, 3.63) is 245 Å². The lowest BCUT2D eigenvalue weighted by Crippen LogP contribution is -2.12. The second-order valence-corrected chi connectivity index (χ2v) is 36.4. The summed E-state index contributed by atoms with van der Waals surface area (Å²) in [6.07, 6.45) is 44.0. The smallest absolute Gasteiger partial charge is 0.338 e. The molecule has 4 N–H and O–H groups in total. The number of carbonyl (C=O) groups is 2. The van der Waals surface area contributed by atoms with Crippen LogP contribution in [0, 0.1) is 0 Å². The molecule has 0 aliphatic carbocycles. The molecule has 0 aliphatic rings. The topological polar surface area (TPSA) is 143 Å². The van der Waals surface area contributed by atoms with Crippen LogP contribution in [0.1, 0.15) is 380 Å². The highest BCUT2D eigenvalue weighted by Crippen LogP contribution is 2.40. The van der Waals surface area contributed by atoms with E-state index in [9.17, 15) is 30.0 Å². The molecule has 660 valence electrons. The van der Waals surface area contributed by atoms with Gasteiger partial charge in [0, 0.05) is 0 Å². The summed E-state index contributed by atoms with van der Waals surface area (Å²) in [7, 11) is 0. The first-order valence-electron chi connectivity index (χ1n) is 44.8. The number of phenolic OH excluding ortho intramolecular Hbond substituents is 4. The lowest BCUT2D eigenvalue weighted by Gasteiger charge is -2.23. The summed E-state index contributed by atoms with van der Waals surface area (Å²) < 4.78 is 16.9. The quantitative estimate of drug-likeness (QED) is 0.0216. The highest BCUT2D eigenvalue weighted by atomic mass is 35.5. The Hall–Kier alpha value is -5.98. The highest BCUT2D eigenvalue weighted by molar-refractivity contribution is 6.39. The maximum atomic E-state index is 12.8. The Bertz CT molecular complexity index is 4100. The lowest BCUT2D eigenvalue weighted by molar-refractivity contribution is 0.0495. The van der Waals surface area contributed by atoms with Gasteiger partial charge in [-0.3, -0.25) is 0 Å². The highest BCUT2D eigenvalue weighted by Gasteiger charge is 2.21. The third-order valence-corrected chi connectivity index (χ3v) is 23.9. The second kappa shape index (κ2) is 59.8. The van der Waals surface area contributed by atoms with Gasteiger partial charge in [0.2, 0.25) is 0 Å². The fraction of sp³-hybridized carbons (Fsp3) is 0.515. The predicted molar refractivity (Wildman–Crippen MR) is 512 cm³/mol. The predicted octanol–water partition coefficient (Wildman–Crippen LogP) is 34.3. The van der Waals surface area contributed by atoms with Gasteiger partial charge in [-0.05, 0) is 221 Å². The second-order valence-electron chi connectivity index (χ2n) is 33.1. The van der Waals surface area contributed by atoms with E-state index in [0.29, 0.717) is 80.6 Å². The summed E-state index contributed by atoms with van der Waals surface area (Å²) >= 11 is 48.4. The van der Waals surface area contributed by atoms with Crippen molar-refractivity contribution in [2.75, 3.05) is 19.8 Å². The average Bonchev–Trinajstić information content (AvgIpc) is 0.789. The van der Waals surface area contributed by atoms with E-state index in [0.717, 1.165) is 104 Å². The average molecular weight is 1800 g/mol. The lowest BCUT2D eigenvalue weighted by atomic mass is 9.82. The number of hydrogen-bond donors (Lipinski definition) is 4. The van der Waals surface area contributed by atoms with Crippen molar-refractivity contribution in [2.45, 2.75) is 325 Å². The van der Waals surface area contributed by atoms with Crippen molar-refractivity contribution in [1.82, 2.24) is 0 Å². The Morgan fingerprint density at radius 1 is 0.283 bits per heavy atom. The Kier molecular flexibility index (Phi) is 52.1. The molecule has 0 bridgehead atoms. The third kappa shape index (κ3) is 40.3. The largest absolute Gasteiger partial charge is 0.505 e. The molecule has 0 spiro atoms. The van der Waals surface area contributed by atoms with Crippen molar-refractivity contribution in [2.24, 2.45) is 0 Å². The molecule has 8 aromatic carbocycles. The first-order valence-corrected chi connectivity index (χ1v) is 47.8. The van der Waals surface area contributed by atoms with E-state index in [-0.39, 0.29) is 43.1 Å². The fourth-order valence-electron chi connectivity index (χ4n) is 14.5. The molecule has 0 amide bonds. The summed E-state index contributed by atoms with van der Waals surface area (Å²) in [4.78, 5) is 25.7. The number of unbranched alkanes of at least 4 members (excludes halogenated alkanes) is 28. The van der Waals surface area contributed by atoms with Gasteiger partial charge in [0.15, 0.2) is 23.0 Å². The molecule has 0 heterocycles. The molecular weight excluding hydrogens is 1660 g/mol. The van der Waals surface area contributed by atoms with Gasteiger partial charge in [0.05, 0.1) is 71.1 Å². The van der Waals surface area contributed by atoms with Crippen LogP contribution in [0.5, 0.6) is 28.7 Å². The maximum Gasteiger partial charge on any atom is 0.338 e. The Morgan fingerprint density at radius 3 is 0.850 bits per heavy atom. The van der Waals surface area contributed by atoms with E-state index in [1.165, 1.54) is 200 Å². The van der Waals surface area contributed by atoms with Crippen molar-refractivity contribution in [3.63, 3.8) is 0 Å². The number of esters is 2. The van der Waals surface area contributed by atoms with Crippen LogP contribution in [0.4, 0.5) is 0 Å². The van der Waals surface area contributed by atoms with E-state index in [1.807, 2.05) is 24.3 Å². The molecule has 0 atom stereocenters. The maximum absolute atomic E-state index is 12.8. The normalized spacial score (nSPS) is 11.2. The van der Waals surface area contributed by atoms with E-state index < -0.39 is 11.9 Å². The minimum absolute atomic E-state index is 0.0427. The summed E-state index contributed by atoms with van der Waals surface area (Å²) in [5, 5.41) is 41.1. The van der Waals surface area contributed by atoms with Crippen LogP contribution in [0.3, 0.4) is 0 Å². The molecule has 0 aliphatic heterocycles. The van der Waals surface area contributed by atoms with Crippen molar-refractivity contribution >= 4 is 105 Å². The molecule has 0 unspecified atom stereocenters. The molecule has 17 heteroatoms.